The molecule has 0 aromatic carbocycles. The zero-order valence-corrected chi connectivity index (χ0v) is 10.6. The number of halogens is 1. The van der Waals surface area contributed by atoms with Gasteiger partial charge in [-0.25, -0.2) is 4.98 Å². The molecule has 3 heteroatoms. The molecule has 1 aromatic heterocycles. The smallest absolute Gasteiger partial charge is 0.106 e. The first kappa shape index (κ1) is 11.1. The van der Waals surface area contributed by atoms with Gasteiger partial charge in [0, 0.05) is 11.6 Å². The number of nitrogens with zero attached hydrogens (tertiary/aromatic N) is 1. The van der Waals surface area contributed by atoms with Crippen molar-refractivity contribution in [3.8, 4) is 0 Å². The fraction of sp³-hybridized carbons (Fsp3) is 0.583. The monoisotopic (exact) mass is 268 g/mol. The van der Waals surface area contributed by atoms with Gasteiger partial charge in [-0.15, -0.1) is 0 Å². The van der Waals surface area contributed by atoms with Crippen LogP contribution in [-0.4, -0.2) is 18.1 Å². The first-order valence-electron chi connectivity index (χ1n) is 5.60. The first-order valence-corrected chi connectivity index (χ1v) is 6.40. The van der Waals surface area contributed by atoms with Gasteiger partial charge in [0.1, 0.15) is 4.60 Å². The molecule has 2 heterocycles. The van der Waals surface area contributed by atoms with Crippen LogP contribution in [0.15, 0.2) is 22.8 Å². The van der Waals surface area contributed by atoms with Crippen LogP contribution in [0.4, 0.5) is 0 Å². The van der Waals surface area contributed by atoms with Crippen molar-refractivity contribution < 1.29 is 0 Å². The lowest BCUT2D eigenvalue weighted by atomic mass is 9.84. The number of rotatable bonds is 2. The second kappa shape index (κ2) is 5.08. The van der Waals surface area contributed by atoms with E-state index in [0.717, 1.165) is 23.6 Å². The van der Waals surface area contributed by atoms with Gasteiger partial charge in [-0.1, -0.05) is 13.0 Å². The number of hydrogen-bond acceptors (Lipinski definition) is 2. The minimum Gasteiger partial charge on any atom is -0.317 e. The maximum Gasteiger partial charge on any atom is 0.106 e. The number of nitrogens with one attached hydrogen (secondary N) is 1. The van der Waals surface area contributed by atoms with Crippen molar-refractivity contribution in [2.24, 2.45) is 5.92 Å². The Morgan fingerprint density at radius 2 is 2.13 bits per heavy atom. The third kappa shape index (κ3) is 2.79. The Morgan fingerprint density at radius 1 is 1.40 bits per heavy atom. The topological polar surface area (TPSA) is 24.9 Å². The van der Waals surface area contributed by atoms with Gasteiger partial charge in [-0.05, 0) is 59.9 Å². The predicted octanol–water partition coefficient (Wildman–Crippen LogP) is 2.95. The zero-order chi connectivity index (χ0) is 10.7. The number of pyridine rings is 1. The van der Waals surface area contributed by atoms with Crippen molar-refractivity contribution in [2.75, 3.05) is 13.1 Å². The van der Waals surface area contributed by atoms with E-state index in [1.165, 1.54) is 18.5 Å². The van der Waals surface area contributed by atoms with Crippen LogP contribution in [0, 0.1) is 5.92 Å². The van der Waals surface area contributed by atoms with E-state index in [0.29, 0.717) is 5.92 Å². The van der Waals surface area contributed by atoms with Crippen molar-refractivity contribution >= 4 is 15.9 Å². The Balaban J connectivity index is 2.08. The second-order valence-corrected chi connectivity index (χ2v) is 5.07. The SMILES string of the molecule is CC(c1cccc(Br)n1)C1CCNCC1. The molecule has 82 valence electrons. The highest BCUT2D eigenvalue weighted by Crippen LogP contribution is 2.29. The van der Waals surface area contributed by atoms with E-state index >= 15 is 0 Å². The zero-order valence-electron chi connectivity index (χ0n) is 9.04. The highest BCUT2D eigenvalue weighted by atomic mass is 79.9. The van der Waals surface area contributed by atoms with Crippen molar-refractivity contribution in [3.05, 3.63) is 28.5 Å². The van der Waals surface area contributed by atoms with Gasteiger partial charge < -0.3 is 5.32 Å². The second-order valence-electron chi connectivity index (χ2n) is 4.26. The fourth-order valence-electron chi connectivity index (χ4n) is 2.26. The van der Waals surface area contributed by atoms with E-state index in [1.54, 1.807) is 0 Å². The van der Waals surface area contributed by atoms with Crippen LogP contribution in [0.5, 0.6) is 0 Å². The van der Waals surface area contributed by atoms with Gasteiger partial charge in [-0.3, -0.25) is 0 Å². The molecule has 2 rings (SSSR count). The molecule has 0 saturated carbocycles. The van der Waals surface area contributed by atoms with Crippen LogP contribution in [0.3, 0.4) is 0 Å². The Kier molecular flexibility index (Phi) is 3.76. The van der Waals surface area contributed by atoms with Crippen LogP contribution in [-0.2, 0) is 0 Å². The Hall–Kier alpha value is -0.410. The highest BCUT2D eigenvalue weighted by Gasteiger charge is 2.21. The molecule has 1 aliphatic heterocycles. The lowest BCUT2D eigenvalue weighted by Gasteiger charge is -2.27. The summed E-state index contributed by atoms with van der Waals surface area (Å²) in [5.41, 5.74) is 1.22. The minimum absolute atomic E-state index is 0.574. The highest BCUT2D eigenvalue weighted by molar-refractivity contribution is 9.10. The molecule has 15 heavy (non-hydrogen) atoms. The Bertz CT molecular complexity index is 321. The summed E-state index contributed by atoms with van der Waals surface area (Å²) in [5.74, 6) is 1.36. The number of hydrogen-bond donors (Lipinski definition) is 1. The molecule has 0 amide bonds. The van der Waals surface area contributed by atoms with Crippen molar-refractivity contribution in [2.45, 2.75) is 25.7 Å². The predicted molar refractivity (Wildman–Crippen MR) is 65.9 cm³/mol. The average molecular weight is 269 g/mol. The van der Waals surface area contributed by atoms with Crippen molar-refractivity contribution in [1.82, 2.24) is 10.3 Å². The number of aromatic nitrogens is 1. The molecule has 0 radical (unpaired) electrons. The summed E-state index contributed by atoms with van der Waals surface area (Å²) in [5, 5.41) is 3.40. The van der Waals surface area contributed by atoms with Gasteiger partial charge in [-0.2, -0.15) is 0 Å². The fourth-order valence-corrected chi connectivity index (χ4v) is 2.62. The quantitative estimate of drug-likeness (QED) is 0.835. The van der Waals surface area contributed by atoms with Crippen LogP contribution < -0.4 is 5.32 Å². The lowest BCUT2D eigenvalue weighted by molar-refractivity contribution is 0.326. The van der Waals surface area contributed by atoms with Crippen molar-refractivity contribution in [3.63, 3.8) is 0 Å². The molecule has 1 aromatic rings. The summed E-state index contributed by atoms with van der Waals surface area (Å²) in [6, 6.07) is 6.19. The molecule has 0 spiro atoms. The van der Waals surface area contributed by atoms with E-state index in [9.17, 15) is 0 Å². The molecule has 0 bridgehead atoms. The van der Waals surface area contributed by atoms with Crippen LogP contribution >= 0.6 is 15.9 Å². The molecule has 0 aliphatic carbocycles. The summed E-state index contributed by atoms with van der Waals surface area (Å²) in [7, 11) is 0. The summed E-state index contributed by atoms with van der Waals surface area (Å²) >= 11 is 3.43. The van der Waals surface area contributed by atoms with Gasteiger partial charge >= 0.3 is 0 Å². The maximum atomic E-state index is 4.54. The third-order valence-electron chi connectivity index (χ3n) is 3.29. The van der Waals surface area contributed by atoms with Gasteiger partial charge in [0.15, 0.2) is 0 Å². The molecular weight excluding hydrogens is 252 g/mol. The van der Waals surface area contributed by atoms with Gasteiger partial charge in [0.25, 0.3) is 0 Å². The minimum atomic E-state index is 0.574. The van der Waals surface area contributed by atoms with Gasteiger partial charge in [0.05, 0.1) is 0 Å². The maximum absolute atomic E-state index is 4.54. The van der Waals surface area contributed by atoms with E-state index in [1.807, 2.05) is 6.07 Å². The van der Waals surface area contributed by atoms with Crippen LogP contribution in [0.2, 0.25) is 0 Å². The lowest BCUT2D eigenvalue weighted by Crippen LogP contribution is -2.30. The van der Waals surface area contributed by atoms with E-state index in [-0.39, 0.29) is 0 Å². The Labute approximate surface area is 99.6 Å². The summed E-state index contributed by atoms with van der Waals surface area (Å²) < 4.78 is 0.945. The molecular formula is C12H17BrN2. The largest absolute Gasteiger partial charge is 0.317 e. The van der Waals surface area contributed by atoms with E-state index < -0.39 is 0 Å². The summed E-state index contributed by atoms with van der Waals surface area (Å²) in [6.45, 7) is 4.61. The molecule has 1 atom stereocenters. The molecule has 1 N–H and O–H groups in total. The van der Waals surface area contributed by atoms with Crippen LogP contribution in [0.25, 0.3) is 0 Å². The molecule has 2 nitrogen and oxygen atoms in total. The Morgan fingerprint density at radius 3 is 2.80 bits per heavy atom. The number of piperidine rings is 1. The molecule has 1 aliphatic rings. The first-order chi connectivity index (χ1) is 7.27. The average Bonchev–Trinajstić information content (AvgIpc) is 2.29. The standard InChI is InChI=1S/C12H17BrN2/c1-9(10-5-7-14-8-6-10)11-3-2-4-12(13)15-11/h2-4,9-10,14H,5-8H2,1H3. The molecule has 1 unspecified atom stereocenters. The molecule has 1 fully saturated rings. The van der Waals surface area contributed by atoms with E-state index in [4.69, 9.17) is 0 Å². The van der Waals surface area contributed by atoms with Crippen LogP contribution in [0.1, 0.15) is 31.4 Å². The van der Waals surface area contributed by atoms with Gasteiger partial charge in [0.2, 0.25) is 0 Å². The summed E-state index contributed by atoms with van der Waals surface area (Å²) in [4.78, 5) is 4.54. The van der Waals surface area contributed by atoms with Crippen molar-refractivity contribution in [1.29, 1.82) is 0 Å². The van der Waals surface area contributed by atoms with E-state index in [2.05, 4.69) is 45.3 Å². The third-order valence-corrected chi connectivity index (χ3v) is 3.74. The normalized spacial score (nSPS) is 20.1. The summed E-state index contributed by atoms with van der Waals surface area (Å²) in [6.07, 6.45) is 2.55. The molecule has 1 saturated heterocycles.